The van der Waals surface area contributed by atoms with Crippen LogP contribution in [0.15, 0.2) is 30.5 Å². The fraction of sp³-hybridized carbons (Fsp3) is 0.0909. The molecule has 0 aliphatic heterocycles. The van der Waals surface area contributed by atoms with Crippen molar-refractivity contribution in [3.63, 3.8) is 0 Å². The minimum absolute atomic E-state index is 0.0748. The molecule has 2 aromatic rings. The average molecular weight is 218 g/mol. The number of aromatic amines is 1. The third-order valence-corrected chi connectivity index (χ3v) is 2.17. The molecule has 0 amide bonds. The number of carbonyl (C=O) groups is 1. The molecule has 16 heavy (non-hydrogen) atoms. The number of rotatable bonds is 3. The van der Waals surface area contributed by atoms with E-state index in [4.69, 9.17) is 9.84 Å². The van der Waals surface area contributed by atoms with Crippen LogP contribution in [0.2, 0.25) is 0 Å². The topological polar surface area (TPSA) is 75.2 Å². The largest absolute Gasteiger partial charge is 0.497 e. The first kappa shape index (κ1) is 10.2. The van der Waals surface area contributed by atoms with Crippen LogP contribution >= 0.6 is 0 Å². The first-order valence-electron chi connectivity index (χ1n) is 4.63. The summed E-state index contributed by atoms with van der Waals surface area (Å²) in [6.45, 7) is 0. The summed E-state index contributed by atoms with van der Waals surface area (Å²) in [5, 5.41) is 8.74. The second kappa shape index (κ2) is 4.06. The molecule has 0 atom stereocenters. The lowest BCUT2D eigenvalue weighted by atomic mass is 10.2. The monoisotopic (exact) mass is 218 g/mol. The summed E-state index contributed by atoms with van der Waals surface area (Å²) in [6, 6.07) is 7.20. The molecule has 0 aliphatic rings. The molecule has 5 nitrogen and oxygen atoms in total. The van der Waals surface area contributed by atoms with Gasteiger partial charge >= 0.3 is 5.97 Å². The Balaban J connectivity index is 2.31. The Morgan fingerprint density at radius 2 is 2.06 bits per heavy atom. The Morgan fingerprint density at radius 1 is 1.38 bits per heavy atom. The van der Waals surface area contributed by atoms with E-state index in [2.05, 4.69) is 9.97 Å². The van der Waals surface area contributed by atoms with Crippen LogP contribution in [0.1, 0.15) is 10.5 Å². The first-order chi connectivity index (χ1) is 7.70. The molecule has 2 rings (SSSR count). The van der Waals surface area contributed by atoms with Crippen molar-refractivity contribution in [3.8, 4) is 17.1 Å². The molecule has 5 heteroatoms. The third kappa shape index (κ3) is 1.88. The Morgan fingerprint density at radius 3 is 2.56 bits per heavy atom. The van der Waals surface area contributed by atoms with Crippen molar-refractivity contribution in [2.75, 3.05) is 7.11 Å². The van der Waals surface area contributed by atoms with Crippen molar-refractivity contribution in [3.05, 3.63) is 36.2 Å². The normalized spacial score (nSPS) is 10.1. The van der Waals surface area contributed by atoms with Crippen molar-refractivity contribution in [1.82, 2.24) is 9.97 Å². The summed E-state index contributed by atoms with van der Waals surface area (Å²) in [5.41, 5.74) is 0.888. The summed E-state index contributed by atoms with van der Waals surface area (Å²) >= 11 is 0. The number of aromatic carboxylic acids is 1. The lowest BCUT2D eigenvalue weighted by Gasteiger charge is -2.00. The minimum atomic E-state index is -1.02. The van der Waals surface area contributed by atoms with Crippen LogP contribution in [0.3, 0.4) is 0 Å². The molecule has 0 saturated heterocycles. The Kier molecular flexibility index (Phi) is 2.59. The van der Waals surface area contributed by atoms with E-state index in [1.165, 1.54) is 6.20 Å². The zero-order chi connectivity index (χ0) is 11.5. The van der Waals surface area contributed by atoms with Crippen molar-refractivity contribution in [2.45, 2.75) is 0 Å². The van der Waals surface area contributed by atoms with E-state index in [1.807, 2.05) is 12.1 Å². The Bertz CT molecular complexity index is 502. The number of carboxylic acid groups (broad SMARTS) is 1. The van der Waals surface area contributed by atoms with Gasteiger partial charge in [-0.25, -0.2) is 9.78 Å². The Hall–Kier alpha value is -2.30. The quantitative estimate of drug-likeness (QED) is 0.823. The molecule has 2 N–H and O–H groups in total. The zero-order valence-electron chi connectivity index (χ0n) is 8.60. The maximum absolute atomic E-state index is 10.7. The predicted octanol–water partition coefficient (Wildman–Crippen LogP) is 1.78. The number of nitrogens with zero attached hydrogens (tertiary/aromatic N) is 1. The van der Waals surface area contributed by atoms with E-state index in [0.29, 0.717) is 5.82 Å². The second-order valence-corrected chi connectivity index (χ2v) is 3.18. The molecule has 1 heterocycles. The van der Waals surface area contributed by atoms with Crippen LogP contribution < -0.4 is 4.74 Å². The van der Waals surface area contributed by atoms with Crippen molar-refractivity contribution in [1.29, 1.82) is 0 Å². The predicted molar refractivity (Wildman–Crippen MR) is 57.5 cm³/mol. The van der Waals surface area contributed by atoms with Gasteiger partial charge in [-0.1, -0.05) is 0 Å². The number of imidazole rings is 1. The van der Waals surface area contributed by atoms with Gasteiger partial charge in [-0.05, 0) is 24.3 Å². The van der Waals surface area contributed by atoms with Gasteiger partial charge in [0.25, 0.3) is 0 Å². The fourth-order valence-electron chi connectivity index (χ4n) is 1.33. The van der Waals surface area contributed by atoms with Gasteiger partial charge in [-0.3, -0.25) is 0 Å². The minimum Gasteiger partial charge on any atom is -0.497 e. The lowest BCUT2D eigenvalue weighted by Crippen LogP contribution is -1.95. The second-order valence-electron chi connectivity index (χ2n) is 3.18. The van der Waals surface area contributed by atoms with Crippen LogP contribution in [0.4, 0.5) is 0 Å². The molecule has 0 aliphatic carbocycles. The Labute approximate surface area is 91.7 Å². The zero-order valence-corrected chi connectivity index (χ0v) is 8.60. The summed E-state index contributed by atoms with van der Waals surface area (Å²) < 4.78 is 5.02. The molecule has 0 spiro atoms. The van der Waals surface area contributed by atoms with Crippen LogP contribution in [0.5, 0.6) is 5.75 Å². The van der Waals surface area contributed by atoms with E-state index >= 15 is 0 Å². The average Bonchev–Trinajstić information content (AvgIpc) is 2.78. The molecule has 1 aromatic heterocycles. The number of methoxy groups -OCH3 is 1. The van der Waals surface area contributed by atoms with E-state index in [1.54, 1.807) is 19.2 Å². The van der Waals surface area contributed by atoms with Crippen LogP contribution in [0.25, 0.3) is 11.4 Å². The number of ether oxygens (including phenoxy) is 1. The fourth-order valence-corrected chi connectivity index (χ4v) is 1.33. The molecule has 0 radical (unpaired) electrons. The van der Waals surface area contributed by atoms with Crippen molar-refractivity contribution < 1.29 is 14.6 Å². The summed E-state index contributed by atoms with van der Waals surface area (Å²) in [4.78, 5) is 17.4. The number of nitrogens with one attached hydrogen (secondary N) is 1. The number of aromatic nitrogens is 2. The van der Waals surface area contributed by atoms with E-state index in [9.17, 15) is 4.79 Å². The van der Waals surface area contributed by atoms with Crippen LogP contribution in [-0.4, -0.2) is 28.2 Å². The lowest BCUT2D eigenvalue weighted by molar-refractivity contribution is 0.0691. The highest BCUT2D eigenvalue weighted by Crippen LogP contribution is 2.19. The highest BCUT2D eigenvalue weighted by atomic mass is 16.5. The number of carboxylic acids is 1. The molecule has 0 unspecified atom stereocenters. The SMILES string of the molecule is COc1ccc(-c2ncc(C(=O)O)[nH]2)cc1. The van der Waals surface area contributed by atoms with E-state index < -0.39 is 5.97 Å². The van der Waals surface area contributed by atoms with Gasteiger partial charge in [-0.2, -0.15) is 0 Å². The third-order valence-electron chi connectivity index (χ3n) is 2.17. The maximum atomic E-state index is 10.7. The van der Waals surface area contributed by atoms with Gasteiger partial charge in [0, 0.05) is 5.56 Å². The number of hydrogen-bond acceptors (Lipinski definition) is 3. The first-order valence-corrected chi connectivity index (χ1v) is 4.63. The van der Waals surface area contributed by atoms with Crippen LogP contribution in [0, 0.1) is 0 Å². The van der Waals surface area contributed by atoms with Gasteiger partial charge < -0.3 is 14.8 Å². The van der Waals surface area contributed by atoms with Crippen molar-refractivity contribution in [2.24, 2.45) is 0 Å². The van der Waals surface area contributed by atoms with Gasteiger partial charge in [-0.15, -0.1) is 0 Å². The van der Waals surface area contributed by atoms with Gasteiger partial charge in [0.15, 0.2) is 0 Å². The molecule has 0 bridgehead atoms. The standard InChI is InChI=1S/C11H10N2O3/c1-16-8-4-2-7(3-5-8)10-12-6-9(13-10)11(14)15/h2-6H,1H3,(H,12,13)(H,14,15). The van der Waals surface area contributed by atoms with Crippen LogP contribution in [-0.2, 0) is 0 Å². The van der Waals surface area contributed by atoms with E-state index in [-0.39, 0.29) is 5.69 Å². The van der Waals surface area contributed by atoms with E-state index in [0.717, 1.165) is 11.3 Å². The number of hydrogen-bond donors (Lipinski definition) is 2. The molecule has 0 fully saturated rings. The molecular formula is C11H10N2O3. The summed E-state index contributed by atoms with van der Waals surface area (Å²) in [6.07, 6.45) is 1.29. The number of benzene rings is 1. The molecule has 82 valence electrons. The highest BCUT2D eigenvalue weighted by Gasteiger charge is 2.08. The molecule has 1 aromatic carbocycles. The van der Waals surface area contributed by atoms with Gasteiger partial charge in [0.2, 0.25) is 0 Å². The smallest absolute Gasteiger partial charge is 0.353 e. The highest BCUT2D eigenvalue weighted by molar-refractivity contribution is 5.85. The van der Waals surface area contributed by atoms with Crippen molar-refractivity contribution >= 4 is 5.97 Å². The van der Waals surface area contributed by atoms with Gasteiger partial charge in [0.05, 0.1) is 13.3 Å². The number of H-pyrrole nitrogens is 1. The summed E-state index contributed by atoms with van der Waals surface area (Å²) in [7, 11) is 1.59. The molecule has 0 saturated carbocycles. The molecular weight excluding hydrogens is 208 g/mol. The maximum Gasteiger partial charge on any atom is 0.353 e. The van der Waals surface area contributed by atoms with Gasteiger partial charge in [0.1, 0.15) is 17.3 Å². The summed E-state index contributed by atoms with van der Waals surface area (Å²) in [5.74, 6) is 0.251.